The minimum atomic E-state index is -0.275. The number of anilines is 1. The van der Waals surface area contributed by atoms with E-state index in [1.165, 1.54) is 6.07 Å². The van der Waals surface area contributed by atoms with Crippen molar-refractivity contribution in [2.45, 2.75) is 39.3 Å². The number of nitrogens with two attached hydrogens (primary N) is 1. The molecule has 0 bridgehead atoms. The maximum absolute atomic E-state index is 13.8. The summed E-state index contributed by atoms with van der Waals surface area (Å²) < 4.78 is 13.8. The minimum Gasteiger partial charge on any atom is -0.357 e. The molecule has 0 aromatic heterocycles. The highest BCUT2D eigenvalue weighted by molar-refractivity contribution is 5.87. The zero-order valence-corrected chi connectivity index (χ0v) is 12.2. The topological polar surface area (TPSA) is 58.4 Å². The number of carbonyl (C=O) groups is 1. The molecule has 110 valence electrons. The van der Waals surface area contributed by atoms with Crippen LogP contribution in [-0.4, -0.2) is 25.0 Å². The molecule has 1 unspecified atom stereocenters. The van der Waals surface area contributed by atoms with E-state index < -0.39 is 0 Å². The molecule has 1 amide bonds. The van der Waals surface area contributed by atoms with Gasteiger partial charge in [-0.3, -0.25) is 4.79 Å². The lowest BCUT2D eigenvalue weighted by Crippen LogP contribution is -2.55. The van der Waals surface area contributed by atoms with Gasteiger partial charge in [-0.15, -0.1) is 0 Å². The molecule has 0 spiro atoms. The summed E-state index contributed by atoms with van der Waals surface area (Å²) in [6, 6.07) is 2.80. The van der Waals surface area contributed by atoms with Crippen molar-refractivity contribution in [1.82, 2.24) is 5.32 Å². The molecule has 3 N–H and O–H groups in total. The van der Waals surface area contributed by atoms with E-state index in [-0.39, 0.29) is 23.8 Å². The van der Waals surface area contributed by atoms with Crippen molar-refractivity contribution in [3.05, 3.63) is 29.1 Å². The largest absolute Gasteiger partial charge is 0.357 e. The molecule has 1 aromatic rings. The first-order valence-corrected chi connectivity index (χ1v) is 7.05. The molecule has 0 saturated carbocycles. The van der Waals surface area contributed by atoms with Gasteiger partial charge in [-0.25, -0.2) is 4.39 Å². The van der Waals surface area contributed by atoms with Crippen LogP contribution in [0.5, 0.6) is 0 Å². The van der Waals surface area contributed by atoms with Crippen molar-refractivity contribution in [2.24, 2.45) is 5.73 Å². The van der Waals surface area contributed by atoms with Gasteiger partial charge in [0, 0.05) is 24.8 Å². The van der Waals surface area contributed by atoms with Crippen molar-refractivity contribution in [3.8, 4) is 0 Å². The second-order valence-corrected chi connectivity index (χ2v) is 5.36. The van der Waals surface area contributed by atoms with Gasteiger partial charge in [0.15, 0.2) is 0 Å². The predicted octanol–water partition coefficient (Wildman–Crippen LogP) is 1.87. The predicted molar refractivity (Wildman–Crippen MR) is 78.2 cm³/mol. The average Bonchev–Trinajstić information content (AvgIpc) is 2.40. The minimum absolute atomic E-state index is 0.0244. The van der Waals surface area contributed by atoms with Crippen molar-refractivity contribution >= 4 is 11.6 Å². The second-order valence-electron chi connectivity index (χ2n) is 5.36. The number of rotatable bonds is 3. The Morgan fingerprint density at radius 3 is 2.85 bits per heavy atom. The number of nitrogens with one attached hydrogen (secondary N) is 1. The Hall–Kier alpha value is -1.62. The first-order chi connectivity index (χ1) is 9.45. The molecule has 0 radical (unpaired) electrons. The monoisotopic (exact) mass is 279 g/mol. The Morgan fingerprint density at radius 1 is 1.55 bits per heavy atom. The Labute approximate surface area is 119 Å². The third-order valence-electron chi connectivity index (χ3n) is 3.83. The molecule has 1 fully saturated rings. The Bertz CT molecular complexity index is 516. The van der Waals surface area contributed by atoms with E-state index in [1.807, 2.05) is 18.7 Å². The molecule has 1 aromatic carbocycles. The molecular formula is C15H22FN3O. The van der Waals surface area contributed by atoms with Crippen LogP contribution in [0.15, 0.2) is 12.1 Å². The normalized spacial score (nSPS) is 20.8. The van der Waals surface area contributed by atoms with E-state index in [2.05, 4.69) is 5.32 Å². The second kappa shape index (κ2) is 5.79. The van der Waals surface area contributed by atoms with Crippen molar-refractivity contribution in [2.75, 3.05) is 18.0 Å². The van der Waals surface area contributed by atoms with Crippen LogP contribution in [0.4, 0.5) is 10.1 Å². The molecule has 2 rings (SSSR count). The molecule has 1 heterocycles. The van der Waals surface area contributed by atoms with Crippen molar-refractivity contribution in [1.29, 1.82) is 0 Å². The number of carbonyl (C=O) groups excluding carboxylic acids is 1. The molecule has 1 saturated heterocycles. The third-order valence-corrected chi connectivity index (χ3v) is 3.83. The van der Waals surface area contributed by atoms with E-state index in [1.54, 1.807) is 13.0 Å². The number of aryl methyl sites for hydroxylation is 1. The van der Waals surface area contributed by atoms with Crippen LogP contribution in [0.2, 0.25) is 0 Å². The maximum atomic E-state index is 13.8. The molecule has 20 heavy (non-hydrogen) atoms. The molecule has 4 nitrogen and oxygen atoms in total. The van der Waals surface area contributed by atoms with Gasteiger partial charge in [-0.1, -0.05) is 6.92 Å². The molecule has 1 aliphatic rings. The number of hydrogen-bond donors (Lipinski definition) is 2. The van der Waals surface area contributed by atoms with Crippen LogP contribution in [0.25, 0.3) is 0 Å². The summed E-state index contributed by atoms with van der Waals surface area (Å²) in [5, 5.41) is 2.87. The van der Waals surface area contributed by atoms with Crippen LogP contribution < -0.4 is 16.0 Å². The number of halogens is 1. The molecule has 1 aliphatic heterocycles. The first kappa shape index (κ1) is 14.8. The lowest BCUT2D eigenvalue weighted by atomic mass is 9.99. The molecular weight excluding hydrogens is 257 g/mol. The summed E-state index contributed by atoms with van der Waals surface area (Å²) in [7, 11) is 0. The van der Waals surface area contributed by atoms with E-state index >= 15 is 0 Å². The quantitative estimate of drug-likeness (QED) is 0.888. The van der Waals surface area contributed by atoms with Crippen LogP contribution in [0.3, 0.4) is 0 Å². The van der Waals surface area contributed by atoms with Gasteiger partial charge in [-0.05, 0) is 43.5 Å². The van der Waals surface area contributed by atoms with Gasteiger partial charge in [-0.2, -0.15) is 0 Å². The molecule has 0 aliphatic carbocycles. The van der Waals surface area contributed by atoms with Crippen molar-refractivity contribution < 1.29 is 9.18 Å². The molecule has 5 heteroatoms. The average molecular weight is 279 g/mol. The highest BCUT2D eigenvalue weighted by Crippen LogP contribution is 2.31. The maximum Gasteiger partial charge on any atom is 0.242 e. The highest BCUT2D eigenvalue weighted by Gasteiger charge is 2.30. The summed E-state index contributed by atoms with van der Waals surface area (Å²) in [4.78, 5) is 14.0. The fourth-order valence-corrected chi connectivity index (χ4v) is 2.70. The first-order valence-electron chi connectivity index (χ1n) is 7.05. The lowest BCUT2D eigenvalue weighted by molar-refractivity contribution is -0.123. The Kier molecular flexibility index (Phi) is 4.28. The smallest absolute Gasteiger partial charge is 0.242 e. The van der Waals surface area contributed by atoms with E-state index in [9.17, 15) is 9.18 Å². The van der Waals surface area contributed by atoms with Gasteiger partial charge >= 0.3 is 0 Å². The zero-order valence-electron chi connectivity index (χ0n) is 12.2. The van der Waals surface area contributed by atoms with Crippen LogP contribution >= 0.6 is 0 Å². The fourth-order valence-electron chi connectivity index (χ4n) is 2.70. The number of hydrogen-bond acceptors (Lipinski definition) is 3. The van der Waals surface area contributed by atoms with Gasteiger partial charge in [0.2, 0.25) is 5.91 Å². The summed E-state index contributed by atoms with van der Waals surface area (Å²) in [6.45, 7) is 6.86. The Morgan fingerprint density at radius 2 is 2.25 bits per heavy atom. The van der Waals surface area contributed by atoms with E-state index in [4.69, 9.17) is 5.73 Å². The van der Waals surface area contributed by atoms with Crippen LogP contribution in [-0.2, 0) is 4.79 Å². The molecule has 2 atom stereocenters. The summed E-state index contributed by atoms with van der Waals surface area (Å²) in [6.07, 6.45) is 0.709. The van der Waals surface area contributed by atoms with Gasteiger partial charge in [0.05, 0.1) is 0 Å². The number of nitrogens with zero attached hydrogens (tertiary/aromatic N) is 1. The zero-order chi connectivity index (χ0) is 14.9. The van der Waals surface area contributed by atoms with Gasteiger partial charge in [0.25, 0.3) is 0 Å². The summed E-state index contributed by atoms with van der Waals surface area (Å²) >= 11 is 0. The number of piperazine rings is 1. The Balaban J connectivity index is 2.49. The summed E-state index contributed by atoms with van der Waals surface area (Å²) in [5.41, 5.74) is 8.17. The number of benzene rings is 1. The third kappa shape index (κ3) is 2.63. The SMILES string of the molecule is CCC1C(=O)NCCN1c1cc(C)c(F)cc1[C@H](C)N. The number of amides is 1. The van der Waals surface area contributed by atoms with Gasteiger partial charge < -0.3 is 16.0 Å². The van der Waals surface area contributed by atoms with Crippen molar-refractivity contribution in [3.63, 3.8) is 0 Å². The highest BCUT2D eigenvalue weighted by atomic mass is 19.1. The summed E-state index contributed by atoms with van der Waals surface area (Å²) in [5.74, 6) is -0.230. The lowest BCUT2D eigenvalue weighted by Gasteiger charge is -2.38. The van der Waals surface area contributed by atoms with E-state index in [0.717, 1.165) is 17.8 Å². The van der Waals surface area contributed by atoms with Crippen LogP contribution in [0.1, 0.15) is 37.4 Å². The fraction of sp³-hybridized carbons (Fsp3) is 0.533. The van der Waals surface area contributed by atoms with E-state index in [0.29, 0.717) is 18.5 Å². The van der Waals surface area contributed by atoms with Crippen LogP contribution in [0, 0.1) is 12.7 Å². The standard InChI is InChI=1S/C15H22FN3O/c1-4-13-15(20)18-5-6-19(13)14-7-9(2)12(16)8-11(14)10(3)17/h7-8,10,13H,4-6,17H2,1-3H3,(H,18,20)/t10-,13?/m0/s1. The van der Waals surface area contributed by atoms with Gasteiger partial charge in [0.1, 0.15) is 11.9 Å².